The van der Waals surface area contributed by atoms with E-state index in [1.165, 1.54) is 0 Å². The average Bonchev–Trinajstić information content (AvgIpc) is 1.98. The summed E-state index contributed by atoms with van der Waals surface area (Å²) in [6.07, 6.45) is -4.88. The van der Waals surface area contributed by atoms with E-state index in [2.05, 4.69) is 0 Å². The Morgan fingerprint density at radius 3 is 1.13 bits per heavy atom. The van der Waals surface area contributed by atoms with Crippen molar-refractivity contribution in [1.29, 1.82) is 0 Å². The maximum absolute atomic E-state index is 9.63. The summed E-state index contributed by atoms with van der Waals surface area (Å²) in [6, 6.07) is 0. The van der Waals surface area contributed by atoms with Crippen molar-refractivity contribution in [2.75, 3.05) is 0 Å². The first-order valence-electron chi connectivity index (χ1n) is 2.91. The van der Waals surface area contributed by atoms with Crippen LogP contribution in [0.15, 0.2) is 0 Å². The van der Waals surface area contributed by atoms with Crippen LogP contribution in [0, 0.1) is 0 Å². The van der Waals surface area contributed by atoms with E-state index >= 15 is 0 Å². The molecule has 0 rings (SSSR count). The summed E-state index contributed by atoms with van der Waals surface area (Å²) in [5.41, 5.74) is 0. The number of carboxylic acids is 2. The van der Waals surface area contributed by atoms with Crippen LogP contribution in [0.5, 0.6) is 0 Å². The lowest BCUT2D eigenvalue weighted by atomic mass is 10.2. The summed E-state index contributed by atoms with van der Waals surface area (Å²) in [5.74, 6) is -4.12. The normalized spacial score (nSPS) is 14.4. The third-order valence-corrected chi connectivity index (χ3v) is 0.782. The zero-order valence-corrected chi connectivity index (χ0v) is 7.54. The van der Waals surface area contributed by atoms with Crippen molar-refractivity contribution in [3.63, 3.8) is 0 Å². The number of aliphatic carboxylic acids is 2. The molecule has 0 radical (unpaired) electrons. The second-order valence-electron chi connectivity index (χ2n) is 1.94. The fourth-order valence-corrected chi connectivity index (χ4v) is 0.258. The molecule has 10 nitrogen and oxygen atoms in total. The molecule has 2 N–H and O–H groups in total. The zero-order valence-electron chi connectivity index (χ0n) is 6.72. The highest BCUT2D eigenvalue weighted by Gasteiger charge is 2.17. The van der Waals surface area contributed by atoms with Crippen molar-refractivity contribution in [3.05, 3.63) is 0 Å². The van der Waals surface area contributed by atoms with Gasteiger partial charge in [0.15, 0.2) is 0 Å². The Balaban J connectivity index is 0. The summed E-state index contributed by atoms with van der Waals surface area (Å²) in [4.78, 5) is 19.3. The van der Waals surface area contributed by atoms with Crippen molar-refractivity contribution in [2.45, 2.75) is 12.2 Å². The van der Waals surface area contributed by atoms with Gasteiger partial charge in [-0.25, -0.2) is 0 Å². The monoisotopic (exact) mass is 244 g/mol. The van der Waals surface area contributed by atoms with Gasteiger partial charge in [0.2, 0.25) is 0 Å². The van der Waals surface area contributed by atoms with Gasteiger partial charge >= 0.3 is 0 Å². The van der Waals surface area contributed by atoms with Crippen LogP contribution < -0.4 is 10.2 Å². The SMILES string of the molecule is O=C([O-])C(O)C(O)C(=O)[O-].O=S(=O)([O-])[O-]. The molecule has 0 heterocycles. The van der Waals surface area contributed by atoms with Crippen LogP contribution >= 0.6 is 0 Å². The molecule has 0 fully saturated rings. The topological polar surface area (TPSA) is 201 Å². The Hall–Kier alpha value is -1.27. The Labute approximate surface area is 83.0 Å². The summed E-state index contributed by atoms with van der Waals surface area (Å²) < 4.78 is 34.1. The molecule has 0 saturated heterocycles. The largest absolute Gasteiger partial charge is 0.759 e. The number of carbonyl (C=O) groups excluding carboxylic acids is 2. The molecule has 0 aliphatic heterocycles. The first-order chi connectivity index (χ1) is 6.46. The quantitative estimate of drug-likeness (QED) is 0.355. The Kier molecular flexibility index (Phi) is 6.75. The Bertz CT molecular complexity index is 290. The van der Waals surface area contributed by atoms with Crippen LogP contribution in [0.4, 0.5) is 0 Å². The fourth-order valence-electron chi connectivity index (χ4n) is 0.258. The van der Waals surface area contributed by atoms with E-state index in [9.17, 15) is 19.8 Å². The van der Waals surface area contributed by atoms with Crippen molar-refractivity contribution in [3.8, 4) is 0 Å². The maximum atomic E-state index is 9.63. The van der Waals surface area contributed by atoms with Crippen LogP contribution in [0.2, 0.25) is 0 Å². The van der Waals surface area contributed by atoms with E-state index in [1.54, 1.807) is 0 Å². The van der Waals surface area contributed by atoms with Gasteiger partial charge in [0, 0.05) is 10.4 Å². The molecule has 11 heteroatoms. The molecule has 0 bridgehead atoms. The van der Waals surface area contributed by atoms with E-state index in [0.717, 1.165) is 0 Å². The molecule has 0 amide bonds. The van der Waals surface area contributed by atoms with Crippen molar-refractivity contribution >= 4 is 22.3 Å². The molecular weight excluding hydrogens is 240 g/mol. The smallest absolute Gasteiger partial charge is 0.124 e. The molecule has 2 atom stereocenters. The van der Waals surface area contributed by atoms with Gasteiger partial charge in [-0.15, -0.1) is 0 Å². The first kappa shape index (κ1) is 16.2. The predicted molar refractivity (Wildman–Crippen MR) is 32.5 cm³/mol. The molecule has 90 valence electrons. The molecule has 0 spiro atoms. The maximum Gasteiger partial charge on any atom is 0.124 e. The number of carboxylic acid groups (broad SMARTS) is 2. The molecule has 15 heavy (non-hydrogen) atoms. The van der Waals surface area contributed by atoms with Crippen LogP contribution in [0.25, 0.3) is 0 Å². The fraction of sp³-hybridized carbons (Fsp3) is 0.500. The van der Waals surface area contributed by atoms with E-state index in [4.69, 9.17) is 27.7 Å². The van der Waals surface area contributed by atoms with Gasteiger partial charge in [0.1, 0.15) is 12.2 Å². The second-order valence-corrected chi connectivity index (χ2v) is 2.75. The van der Waals surface area contributed by atoms with E-state index in [0.29, 0.717) is 0 Å². The minimum absolute atomic E-state index is 2.06. The minimum Gasteiger partial charge on any atom is -0.759 e. The van der Waals surface area contributed by atoms with E-state index in [-0.39, 0.29) is 0 Å². The van der Waals surface area contributed by atoms with Gasteiger partial charge in [-0.1, -0.05) is 0 Å². The molecular formula is C4H4O10S-4. The van der Waals surface area contributed by atoms with Crippen LogP contribution in [0.3, 0.4) is 0 Å². The van der Waals surface area contributed by atoms with Gasteiger partial charge in [-0.3, -0.25) is 8.42 Å². The Morgan fingerprint density at radius 1 is 0.933 bits per heavy atom. The number of aliphatic hydroxyl groups is 2. The number of rotatable bonds is 3. The molecule has 0 saturated carbocycles. The van der Waals surface area contributed by atoms with Gasteiger partial charge in [0.05, 0.1) is 11.9 Å². The third-order valence-electron chi connectivity index (χ3n) is 0.782. The third kappa shape index (κ3) is 12.7. The molecule has 0 aromatic carbocycles. The lowest BCUT2D eigenvalue weighted by molar-refractivity contribution is -0.333. The predicted octanol–water partition coefficient (Wildman–Crippen LogP) is -6.13. The standard InChI is InChI=1S/C4H6O6.H2O4S/c5-1(3(7)8)2(6)4(9)10;1-5(2,3)4/h1-2,5-6H,(H,7,8)(H,9,10);(H2,1,2,3,4)/p-4. The van der Waals surface area contributed by atoms with E-state index < -0.39 is 34.5 Å². The molecule has 0 aliphatic rings. The van der Waals surface area contributed by atoms with Gasteiger partial charge in [-0.05, 0) is 0 Å². The van der Waals surface area contributed by atoms with Crippen LogP contribution in [-0.4, -0.2) is 51.9 Å². The number of hydrogen-bond donors (Lipinski definition) is 2. The van der Waals surface area contributed by atoms with Crippen molar-refractivity contribution in [1.82, 2.24) is 0 Å². The minimum atomic E-state index is -5.17. The summed E-state index contributed by atoms with van der Waals surface area (Å²) in [6.45, 7) is 0. The lowest BCUT2D eigenvalue weighted by Gasteiger charge is -2.18. The zero-order chi connectivity index (χ0) is 12.8. The first-order valence-corrected chi connectivity index (χ1v) is 4.24. The molecule has 0 aliphatic carbocycles. The van der Waals surface area contributed by atoms with Crippen molar-refractivity contribution in [2.24, 2.45) is 0 Å². The van der Waals surface area contributed by atoms with Gasteiger partial charge in [0.25, 0.3) is 0 Å². The van der Waals surface area contributed by atoms with Crippen LogP contribution in [-0.2, 0) is 20.0 Å². The Morgan fingerprint density at radius 2 is 1.07 bits per heavy atom. The van der Waals surface area contributed by atoms with Gasteiger partial charge < -0.3 is 39.1 Å². The lowest BCUT2D eigenvalue weighted by Crippen LogP contribution is -2.51. The molecule has 0 aromatic heterocycles. The van der Waals surface area contributed by atoms with E-state index in [1.807, 2.05) is 0 Å². The van der Waals surface area contributed by atoms with Gasteiger partial charge in [-0.2, -0.15) is 0 Å². The molecule has 2 unspecified atom stereocenters. The number of carbonyl (C=O) groups is 2. The highest BCUT2D eigenvalue weighted by Crippen LogP contribution is 1.88. The highest BCUT2D eigenvalue weighted by atomic mass is 32.3. The number of hydrogen-bond acceptors (Lipinski definition) is 10. The highest BCUT2D eigenvalue weighted by molar-refractivity contribution is 7.79. The number of aliphatic hydroxyl groups excluding tert-OH is 2. The second kappa shape index (κ2) is 6.26. The summed E-state index contributed by atoms with van der Waals surface area (Å²) in [7, 11) is -5.17. The van der Waals surface area contributed by atoms with Crippen molar-refractivity contribution < 1.29 is 47.5 Å². The molecule has 0 aromatic rings. The average molecular weight is 244 g/mol. The van der Waals surface area contributed by atoms with Crippen LogP contribution in [0.1, 0.15) is 0 Å². The summed E-state index contributed by atoms with van der Waals surface area (Å²) >= 11 is 0. The summed E-state index contributed by atoms with van der Waals surface area (Å²) in [5, 5.41) is 35.7.